The van der Waals surface area contributed by atoms with Gasteiger partial charge in [-0.2, -0.15) is 0 Å². The Kier molecular flexibility index (Phi) is 8.41. The van der Waals surface area contributed by atoms with Gasteiger partial charge in [0.25, 0.3) is 26.0 Å². The third kappa shape index (κ3) is 6.17. The highest BCUT2D eigenvalue weighted by Gasteiger charge is 2.25. The number of rotatable bonds is 8. The first-order valence-electron chi connectivity index (χ1n) is 11.6. The van der Waals surface area contributed by atoms with Crippen molar-refractivity contribution >= 4 is 60.5 Å². The van der Waals surface area contributed by atoms with E-state index < -0.39 is 20.0 Å². The summed E-state index contributed by atoms with van der Waals surface area (Å²) in [4.78, 5) is 14.5. The van der Waals surface area contributed by atoms with Crippen molar-refractivity contribution in [2.24, 2.45) is 0 Å². The topological polar surface area (TPSA) is 122 Å². The van der Waals surface area contributed by atoms with Gasteiger partial charge in [0.2, 0.25) is 0 Å². The van der Waals surface area contributed by atoms with Crippen molar-refractivity contribution in [2.75, 3.05) is 29.6 Å². The predicted octanol–water partition coefficient (Wildman–Crippen LogP) is 5.23. The molecule has 0 unspecified atom stereocenters. The predicted molar refractivity (Wildman–Crippen MR) is 147 cm³/mol. The number of nitrogens with one attached hydrogen (secondary N) is 2. The summed E-state index contributed by atoms with van der Waals surface area (Å²) in [6, 6.07) is 13.7. The van der Waals surface area contributed by atoms with Gasteiger partial charge < -0.3 is 9.64 Å². The minimum Gasteiger partial charge on any atom is -0.496 e. The van der Waals surface area contributed by atoms with Gasteiger partial charge in [0.15, 0.2) is 0 Å². The first kappa shape index (κ1) is 28.0. The number of methoxy groups -OCH3 is 1. The Hall–Kier alpha value is -2.99. The second-order valence-electron chi connectivity index (χ2n) is 8.55. The van der Waals surface area contributed by atoms with Crippen molar-refractivity contribution in [3.63, 3.8) is 0 Å². The number of hydrogen-bond acceptors (Lipinski definition) is 6. The average Bonchev–Trinajstić information content (AvgIpc) is 2.91. The SMILES string of the molecule is COc1ccc(S(=O)(=O)Nc2ccc(S(=O)(=O)Nc3cccc(Cl)c3Cl)cc2)cc1C(=O)N1CCCCC1. The van der Waals surface area contributed by atoms with E-state index >= 15 is 0 Å². The van der Waals surface area contributed by atoms with Crippen LogP contribution in [0.15, 0.2) is 70.5 Å². The summed E-state index contributed by atoms with van der Waals surface area (Å²) in [5.74, 6) is -0.0122. The van der Waals surface area contributed by atoms with Gasteiger partial charge in [0, 0.05) is 18.8 Å². The van der Waals surface area contributed by atoms with Crippen LogP contribution in [0.25, 0.3) is 0 Å². The Balaban J connectivity index is 1.54. The molecule has 13 heteroatoms. The van der Waals surface area contributed by atoms with Crippen molar-refractivity contribution in [3.05, 3.63) is 76.3 Å². The van der Waals surface area contributed by atoms with Gasteiger partial charge in [0.1, 0.15) is 5.75 Å². The average molecular weight is 599 g/mol. The highest BCUT2D eigenvalue weighted by Crippen LogP contribution is 2.31. The Morgan fingerprint density at radius 2 is 1.47 bits per heavy atom. The molecule has 2 N–H and O–H groups in total. The van der Waals surface area contributed by atoms with Gasteiger partial charge in [-0.1, -0.05) is 29.3 Å². The molecule has 1 fully saturated rings. The van der Waals surface area contributed by atoms with Crippen LogP contribution in [0.1, 0.15) is 29.6 Å². The molecular weight excluding hydrogens is 573 g/mol. The molecule has 1 saturated heterocycles. The number of sulfonamides is 2. The van der Waals surface area contributed by atoms with Crippen molar-refractivity contribution in [3.8, 4) is 5.75 Å². The van der Waals surface area contributed by atoms with E-state index in [1.54, 1.807) is 11.0 Å². The summed E-state index contributed by atoms with van der Waals surface area (Å²) in [5.41, 5.74) is 0.396. The number of ether oxygens (including phenoxy) is 1. The molecule has 1 heterocycles. The monoisotopic (exact) mass is 597 g/mol. The van der Waals surface area contributed by atoms with Crippen LogP contribution in [-0.4, -0.2) is 47.8 Å². The van der Waals surface area contributed by atoms with Crippen LogP contribution in [0.2, 0.25) is 10.0 Å². The van der Waals surface area contributed by atoms with E-state index in [2.05, 4.69) is 9.44 Å². The second-order valence-corrected chi connectivity index (χ2v) is 12.7. The molecule has 1 amide bonds. The molecule has 3 aromatic carbocycles. The number of benzene rings is 3. The van der Waals surface area contributed by atoms with Gasteiger partial charge in [-0.3, -0.25) is 14.2 Å². The van der Waals surface area contributed by atoms with E-state index in [-0.39, 0.29) is 48.4 Å². The molecule has 0 saturated carbocycles. The van der Waals surface area contributed by atoms with Crippen molar-refractivity contribution in [1.82, 2.24) is 4.90 Å². The number of amides is 1. The molecular formula is C25H25Cl2N3O6S2. The van der Waals surface area contributed by atoms with Crippen LogP contribution in [-0.2, 0) is 20.0 Å². The summed E-state index contributed by atoms with van der Waals surface area (Å²) < 4.78 is 61.9. The van der Waals surface area contributed by atoms with E-state index in [1.807, 2.05) is 0 Å². The summed E-state index contributed by atoms with van der Waals surface area (Å²) in [6.45, 7) is 1.20. The Morgan fingerprint density at radius 3 is 2.13 bits per heavy atom. The fraction of sp³-hybridized carbons (Fsp3) is 0.240. The molecule has 0 aliphatic carbocycles. The highest BCUT2D eigenvalue weighted by atomic mass is 35.5. The molecule has 1 aliphatic heterocycles. The van der Waals surface area contributed by atoms with E-state index in [0.29, 0.717) is 13.1 Å². The molecule has 3 aromatic rings. The molecule has 1 aliphatic rings. The zero-order valence-electron chi connectivity index (χ0n) is 20.3. The third-order valence-corrected chi connectivity index (χ3v) is 9.55. The minimum absolute atomic E-state index is 0.0553. The molecule has 0 aromatic heterocycles. The van der Waals surface area contributed by atoms with Gasteiger partial charge >= 0.3 is 0 Å². The standard InChI is InChI=1S/C25H25Cl2N3O6S2/c1-36-23-13-12-19(16-20(23)25(31)30-14-3-2-4-15-30)38(34,35)28-17-8-10-18(11-9-17)37(32,33)29-22-7-5-6-21(26)24(22)27/h5-13,16,28-29H,2-4,14-15H2,1H3. The lowest BCUT2D eigenvalue weighted by Gasteiger charge is -2.27. The molecule has 0 atom stereocenters. The number of halogens is 2. The number of anilines is 2. The van der Waals surface area contributed by atoms with Crippen LogP contribution in [0, 0.1) is 0 Å². The van der Waals surface area contributed by atoms with Gasteiger partial charge in [0.05, 0.1) is 38.2 Å². The lowest BCUT2D eigenvalue weighted by molar-refractivity contribution is 0.0720. The summed E-state index contributed by atoms with van der Waals surface area (Å²) >= 11 is 12.0. The maximum absolute atomic E-state index is 13.1. The van der Waals surface area contributed by atoms with Crippen LogP contribution in [0.3, 0.4) is 0 Å². The number of carbonyl (C=O) groups excluding carboxylic acids is 1. The Labute approximate surface area is 231 Å². The first-order chi connectivity index (χ1) is 18.0. The van der Waals surface area contributed by atoms with Crippen LogP contribution < -0.4 is 14.2 Å². The smallest absolute Gasteiger partial charge is 0.261 e. The number of nitrogens with zero attached hydrogens (tertiary/aromatic N) is 1. The minimum atomic E-state index is -4.11. The normalized spacial score (nSPS) is 14.1. The van der Waals surface area contributed by atoms with E-state index in [9.17, 15) is 21.6 Å². The van der Waals surface area contributed by atoms with Gasteiger partial charge in [-0.05, 0) is 73.9 Å². The second kappa shape index (κ2) is 11.4. The molecule has 38 heavy (non-hydrogen) atoms. The van der Waals surface area contributed by atoms with Crippen molar-refractivity contribution < 1.29 is 26.4 Å². The third-order valence-electron chi connectivity index (χ3n) is 5.97. The molecule has 9 nitrogen and oxygen atoms in total. The Morgan fingerprint density at radius 1 is 0.842 bits per heavy atom. The number of piperidine rings is 1. The Bertz CT molecular complexity index is 1560. The lowest BCUT2D eigenvalue weighted by atomic mass is 10.1. The summed E-state index contributed by atoms with van der Waals surface area (Å²) in [6.07, 6.45) is 2.83. The highest BCUT2D eigenvalue weighted by molar-refractivity contribution is 7.93. The number of likely N-dealkylation sites (tertiary alicyclic amines) is 1. The zero-order valence-corrected chi connectivity index (χ0v) is 23.4. The van der Waals surface area contributed by atoms with Crippen LogP contribution in [0.4, 0.5) is 11.4 Å². The molecule has 4 rings (SSSR count). The van der Waals surface area contributed by atoms with E-state index in [4.69, 9.17) is 27.9 Å². The fourth-order valence-corrected chi connectivity index (χ4v) is 6.55. The molecule has 202 valence electrons. The summed E-state index contributed by atoms with van der Waals surface area (Å²) in [7, 11) is -6.71. The maximum Gasteiger partial charge on any atom is 0.261 e. The summed E-state index contributed by atoms with van der Waals surface area (Å²) in [5, 5.41) is 0.246. The van der Waals surface area contributed by atoms with E-state index in [1.165, 1.54) is 61.7 Å². The molecule has 0 bridgehead atoms. The lowest BCUT2D eigenvalue weighted by Crippen LogP contribution is -2.35. The zero-order chi connectivity index (χ0) is 27.5. The van der Waals surface area contributed by atoms with E-state index in [0.717, 1.165) is 19.3 Å². The van der Waals surface area contributed by atoms with Gasteiger partial charge in [-0.15, -0.1) is 0 Å². The maximum atomic E-state index is 13.1. The van der Waals surface area contributed by atoms with Crippen LogP contribution in [0.5, 0.6) is 5.75 Å². The number of hydrogen-bond donors (Lipinski definition) is 2. The van der Waals surface area contributed by atoms with Crippen LogP contribution >= 0.6 is 23.2 Å². The fourth-order valence-electron chi connectivity index (χ4n) is 3.99. The van der Waals surface area contributed by atoms with Crippen molar-refractivity contribution in [2.45, 2.75) is 29.1 Å². The molecule has 0 radical (unpaired) electrons. The quantitative estimate of drug-likeness (QED) is 0.366. The molecule has 0 spiro atoms. The van der Waals surface area contributed by atoms with Gasteiger partial charge in [-0.25, -0.2) is 16.8 Å². The first-order valence-corrected chi connectivity index (χ1v) is 15.3. The largest absolute Gasteiger partial charge is 0.496 e. The number of carbonyl (C=O) groups is 1. The van der Waals surface area contributed by atoms with Crippen molar-refractivity contribution in [1.29, 1.82) is 0 Å².